The number of thiazole rings is 1. The predicted molar refractivity (Wildman–Crippen MR) is 113 cm³/mol. The molecular weight excluding hydrogens is 372 g/mol. The van der Waals surface area contributed by atoms with Gasteiger partial charge in [-0.15, -0.1) is 22.7 Å². The molecule has 0 bridgehead atoms. The number of nitrogens with zero attached hydrogens (tertiary/aromatic N) is 1. The summed E-state index contributed by atoms with van der Waals surface area (Å²) in [6, 6.07) is 20.3. The lowest BCUT2D eigenvalue weighted by Crippen LogP contribution is -2.21. The van der Waals surface area contributed by atoms with Gasteiger partial charge in [-0.2, -0.15) is 0 Å². The molecule has 4 rings (SSSR count). The maximum atomic E-state index is 12.0. The van der Waals surface area contributed by atoms with Crippen LogP contribution in [-0.4, -0.2) is 10.9 Å². The molecule has 0 saturated carbocycles. The van der Waals surface area contributed by atoms with Gasteiger partial charge >= 0.3 is 0 Å². The van der Waals surface area contributed by atoms with E-state index in [0.717, 1.165) is 32.3 Å². The summed E-state index contributed by atoms with van der Waals surface area (Å²) in [5, 5.41) is 7.95. The Bertz CT molecular complexity index is 1030. The zero-order valence-electron chi connectivity index (χ0n) is 14.8. The van der Waals surface area contributed by atoms with Gasteiger partial charge in [0.25, 0.3) is 5.91 Å². The monoisotopic (exact) mass is 390 g/mol. The minimum absolute atomic E-state index is 0.0308. The Hall–Kier alpha value is -2.76. The van der Waals surface area contributed by atoms with Crippen LogP contribution < -0.4 is 5.32 Å². The number of benzene rings is 2. The lowest BCUT2D eigenvalue weighted by molar-refractivity contribution is 0.0955. The van der Waals surface area contributed by atoms with Crippen molar-refractivity contribution in [3.05, 3.63) is 87.4 Å². The summed E-state index contributed by atoms with van der Waals surface area (Å²) in [6.07, 6.45) is 0. The number of hydrogen-bond acceptors (Lipinski definition) is 4. The van der Waals surface area contributed by atoms with Crippen molar-refractivity contribution in [3.63, 3.8) is 0 Å². The molecule has 3 nitrogen and oxygen atoms in total. The molecule has 2 aromatic heterocycles. The van der Waals surface area contributed by atoms with Crippen molar-refractivity contribution in [2.24, 2.45) is 0 Å². The lowest BCUT2D eigenvalue weighted by atomic mass is 10.1. The molecule has 134 valence electrons. The molecule has 1 N–H and O–H groups in total. The standard InChI is InChI=1S/C22H18N2OS2/c1-15-4-8-17(9-5-15)19-14-27-22(24-19)18-10-6-16(7-11-18)13-23-21(25)20-3-2-12-26-20/h2-12,14H,13H2,1H3,(H,23,25). The first-order valence-corrected chi connectivity index (χ1v) is 10.4. The van der Waals surface area contributed by atoms with E-state index in [2.05, 4.69) is 54.0 Å². The van der Waals surface area contributed by atoms with Crippen LogP contribution in [0.1, 0.15) is 20.8 Å². The van der Waals surface area contributed by atoms with Crippen LogP contribution in [0.2, 0.25) is 0 Å². The fraction of sp³-hybridized carbons (Fsp3) is 0.0909. The number of hydrogen-bond donors (Lipinski definition) is 1. The second-order valence-corrected chi connectivity index (χ2v) is 8.07. The number of carbonyl (C=O) groups excluding carboxylic acids is 1. The minimum atomic E-state index is -0.0308. The van der Waals surface area contributed by atoms with Crippen LogP contribution in [-0.2, 0) is 6.54 Å². The van der Waals surface area contributed by atoms with E-state index in [1.165, 1.54) is 16.9 Å². The van der Waals surface area contributed by atoms with Gasteiger partial charge in [0.2, 0.25) is 0 Å². The molecule has 4 aromatic rings. The van der Waals surface area contributed by atoms with Crippen LogP contribution >= 0.6 is 22.7 Å². The fourth-order valence-corrected chi connectivity index (χ4v) is 4.18. The summed E-state index contributed by atoms with van der Waals surface area (Å²) in [7, 11) is 0. The molecule has 1 amide bonds. The van der Waals surface area contributed by atoms with E-state index in [9.17, 15) is 4.79 Å². The molecule has 0 fully saturated rings. The first kappa shape index (κ1) is 17.6. The number of rotatable bonds is 5. The maximum Gasteiger partial charge on any atom is 0.261 e. The average Bonchev–Trinajstić information content (AvgIpc) is 3.39. The van der Waals surface area contributed by atoms with Crippen molar-refractivity contribution in [1.29, 1.82) is 0 Å². The SMILES string of the molecule is Cc1ccc(-c2csc(-c3ccc(CNC(=O)c4cccs4)cc3)n2)cc1. The highest BCUT2D eigenvalue weighted by molar-refractivity contribution is 7.13. The number of carbonyl (C=O) groups is 1. The Kier molecular flexibility index (Phi) is 5.14. The number of aryl methyl sites for hydroxylation is 1. The molecule has 0 atom stereocenters. The molecule has 27 heavy (non-hydrogen) atoms. The average molecular weight is 391 g/mol. The number of amides is 1. The third kappa shape index (κ3) is 4.15. The quantitative estimate of drug-likeness (QED) is 0.469. The first-order valence-electron chi connectivity index (χ1n) is 8.62. The Morgan fingerprint density at radius 3 is 2.41 bits per heavy atom. The van der Waals surface area contributed by atoms with Gasteiger partial charge in [-0.1, -0.05) is 60.2 Å². The van der Waals surface area contributed by atoms with Crippen molar-refractivity contribution < 1.29 is 4.79 Å². The van der Waals surface area contributed by atoms with Crippen molar-refractivity contribution in [1.82, 2.24) is 10.3 Å². The van der Waals surface area contributed by atoms with Crippen LogP contribution in [0.5, 0.6) is 0 Å². The summed E-state index contributed by atoms with van der Waals surface area (Å²) in [4.78, 5) is 17.5. The van der Waals surface area contributed by atoms with E-state index in [1.54, 1.807) is 11.3 Å². The Balaban J connectivity index is 1.43. The van der Waals surface area contributed by atoms with E-state index in [4.69, 9.17) is 4.98 Å². The zero-order valence-corrected chi connectivity index (χ0v) is 16.4. The van der Waals surface area contributed by atoms with E-state index in [1.807, 2.05) is 29.6 Å². The molecule has 0 radical (unpaired) electrons. The third-order valence-electron chi connectivity index (χ3n) is 4.25. The van der Waals surface area contributed by atoms with Gasteiger partial charge < -0.3 is 5.32 Å². The predicted octanol–water partition coefficient (Wildman–Crippen LogP) is 5.78. The highest BCUT2D eigenvalue weighted by Gasteiger charge is 2.08. The Morgan fingerprint density at radius 1 is 0.963 bits per heavy atom. The van der Waals surface area contributed by atoms with E-state index in [0.29, 0.717) is 6.54 Å². The van der Waals surface area contributed by atoms with Gasteiger partial charge in [-0.3, -0.25) is 4.79 Å². The molecule has 0 saturated heterocycles. The molecule has 5 heteroatoms. The van der Waals surface area contributed by atoms with Gasteiger partial charge in [0, 0.05) is 23.1 Å². The molecule has 2 heterocycles. The van der Waals surface area contributed by atoms with Gasteiger partial charge in [0.15, 0.2) is 0 Å². The number of thiophene rings is 1. The summed E-state index contributed by atoms with van der Waals surface area (Å²) >= 11 is 3.09. The smallest absolute Gasteiger partial charge is 0.261 e. The summed E-state index contributed by atoms with van der Waals surface area (Å²) in [5.74, 6) is -0.0308. The van der Waals surface area contributed by atoms with Crippen LogP contribution in [0.3, 0.4) is 0 Å². The van der Waals surface area contributed by atoms with Crippen LogP contribution in [0.15, 0.2) is 71.4 Å². The van der Waals surface area contributed by atoms with Crippen molar-refractivity contribution in [3.8, 4) is 21.8 Å². The molecule has 0 unspecified atom stereocenters. The normalized spacial score (nSPS) is 10.7. The zero-order chi connectivity index (χ0) is 18.6. The highest BCUT2D eigenvalue weighted by atomic mass is 32.1. The summed E-state index contributed by atoms with van der Waals surface area (Å²) in [5.41, 5.74) is 5.54. The highest BCUT2D eigenvalue weighted by Crippen LogP contribution is 2.29. The molecule has 0 aliphatic carbocycles. The van der Waals surface area contributed by atoms with Crippen molar-refractivity contribution in [2.45, 2.75) is 13.5 Å². The van der Waals surface area contributed by atoms with Crippen molar-refractivity contribution in [2.75, 3.05) is 0 Å². The number of aromatic nitrogens is 1. The second-order valence-electron chi connectivity index (χ2n) is 6.26. The third-order valence-corrected chi connectivity index (χ3v) is 6.01. The molecule has 0 spiro atoms. The van der Waals surface area contributed by atoms with Crippen LogP contribution in [0.4, 0.5) is 0 Å². The molecule has 0 aliphatic heterocycles. The van der Waals surface area contributed by atoms with Gasteiger partial charge in [0.1, 0.15) is 5.01 Å². The number of nitrogens with one attached hydrogen (secondary N) is 1. The Labute approximate surface area is 166 Å². The van der Waals surface area contributed by atoms with Crippen molar-refractivity contribution >= 4 is 28.6 Å². The van der Waals surface area contributed by atoms with E-state index >= 15 is 0 Å². The molecular formula is C22H18N2OS2. The Morgan fingerprint density at radius 2 is 1.70 bits per heavy atom. The topological polar surface area (TPSA) is 42.0 Å². The largest absolute Gasteiger partial charge is 0.347 e. The second kappa shape index (κ2) is 7.86. The van der Waals surface area contributed by atoms with E-state index in [-0.39, 0.29) is 5.91 Å². The minimum Gasteiger partial charge on any atom is -0.347 e. The maximum absolute atomic E-state index is 12.0. The fourth-order valence-electron chi connectivity index (χ4n) is 2.71. The summed E-state index contributed by atoms with van der Waals surface area (Å²) in [6.45, 7) is 2.60. The lowest BCUT2D eigenvalue weighted by Gasteiger charge is -2.05. The summed E-state index contributed by atoms with van der Waals surface area (Å²) < 4.78 is 0. The molecule has 0 aliphatic rings. The van der Waals surface area contributed by atoms with Gasteiger partial charge in [0.05, 0.1) is 10.6 Å². The van der Waals surface area contributed by atoms with Crippen LogP contribution in [0, 0.1) is 6.92 Å². The van der Waals surface area contributed by atoms with Gasteiger partial charge in [-0.05, 0) is 23.9 Å². The van der Waals surface area contributed by atoms with E-state index < -0.39 is 0 Å². The molecule has 2 aromatic carbocycles. The van der Waals surface area contributed by atoms with Gasteiger partial charge in [-0.25, -0.2) is 4.98 Å². The first-order chi connectivity index (χ1) is 13.2. The van der Waals surface area contributed by atoms with Crippen LogP contribution in [0.25, 0.3) is 21.8 Å².